The Bertz CT molecular complexity index is 651. The fourth-order valence-corrected chi connectivity index (χ4v) is 3.67. The average Bonchev–Trinajstić information content (AvgIpc) is 3.22. The number of anilines is 1. The van der Waals surface area contributed by atoms with Crippen LogP contribution in [0.4, 0.5) is 5.95 Å². The fourth-order valence-electron chi connectivity index (χ4n) is 3.67. The molecule has 0 aliphatic carbocycles. The maximum atomic E-state index is 11.8. The summed E-state index contributed by atoms with van der Waals surface area (Å²) < 4.78 is 0. The van der Waals surface area contributed by atoms with E-state index in [0.717, 1.165) is 70.7 Å². The van der Waals surface area contributed by atoms with Gasteiger partial charge in [-0.15, -0.1) is 24.0 Å². The highest BCUT2D eigenvalue weighted by atomic mass is 127. The smallest absolute Gasteiger partial charge is 0.225 e. The average molecular weight is 516 g/mol. The lowest BCUT2D eigenvalue weighted by molar-refractivity contribution is -0.129. The minimum atomic E-state index is 0. The Morgan fingerprint density at radius 2 is 1.93 bits per heavy atom. The first-order valence-electron chi connectivity index (χ1n) is 10.2. The van der Waals surface area contributed by atoms with Crippen LogP contribution in [0.5, 0.6) is 0 Å². The molecule has 0 bridgehead atoms. The predicted octanol–water partition coefficient (Wildman–Crippen LogP) is 0.393. The molecule has 2 N–H and O–H groups in total. The molecule has 0 saturated carbocycles. The maximum Gasteiger partial charge on any atom is 0.225 e. The summed E-state index contributed by atoms with van der Waals surface area (Å²) in [6.07, 6.45) is 5.12. The zero-order chi connectivity index (χ0) is 19.8. The van der Waals surface area contributed by atoms with Gasteiger partial charge in [0.25, 0.3) is 0 Å². The van der Waals surface area contributed by atoms with Crippen LogP contribution in [0.25, 0.3) is 0 Å². The number of hydrogen-bond donors (Lipinski definition) is 2. The molecule has 3 heterocycles. The van der Waals surface area contributed by atoms with E-state index in [1.807, 2.05) is 17.9 Å². The Hall–Kier alpha value is -1.69. The van der Waals surface area contributed by atoms with Gasteiger partial charge in [-0.1, -0.05) is 6.92 Å². The molecule has 0 aromatic carbocycles. The van der Waals surface area contributed by atoms with Gasteiger partial charge in [0.05, 0.1) is 0 Å². The number of aliphatic imine (C=N–C) groups is 1. The van der Waals surface area contributed by atoms with Crippen LogP contribution in [0.3, 0.4) is 0 Å². The number of carbonyl (C=O) groups is 1. The van der Waals surface area contributed by atoms with E-state index in [1.165, 1.54) is 0 Å². The number of halogens is 1. The number of hydrogen-bond acceptors (Lipinski definition) is 6. The number of guanidine groups is 1. The number of piperazine rings is 1. The molecule has 2 aliphatic rings. The van der Waals surface area contributed by atoms with Gasteiger partial charge in [0.2, 0.25) is 11.9 Å². The molecule has 3 rings (SSSR count). The number of nitrogens with zero attached hydrogens (tertiary/aromatic N) is 6. The molecular weight excluding hydrogens is 483 g/mol. The van der Waals surface area contributed by atoms with E-state index >= 15 is 0 Å². The van der Waals surface area contributed by atoms with Gasteiger partial charge >= 0.3 is 0 Å². The van der Waals surface area contributed by atoms with Gasteiger partial charge in [0.15, 0.2) is 5.96 Å². The van der Waals surface area contributed by atoms with Gasteiger partial charge in [-0.2, -0.15) is 0 Å². The van der Waals surface area contributed by atoms with Crippen LogP contribution in [0.1, 0.15) is 19.8 Å². The van der Waals surface area contributed by atoms with Crippen molar-refractivity contribution in [3.8, 4) is 0 Å². The summed E-state index contributed by atoms with van der Waals surface area (Å²) in [6, 6.07) is 2.12. The molecule has 29 heavy (non-hydrogen) atoms. The van der Waals surface area contributed by atoms with Crippen LogP contribution in [0, 0.1) is 0 Å². The number of amides is 1. The zero-order valence-electron chi connectivity index (χ0n) is 17.4. The summed E-state index contributed by atoms with van der Waals surface area (Å²) in [5, 5.41) is 6.84. The zero-order valence-corrected chi connectivity index (χ0v) is 19.7. The highest BCUT2D eigenvalue weighted by Crippen LogP contribution is 2.11. The van der Waals surface area contributed by atoms with E-state index < -0.39 is 0 Å². The second kappa shape index (κ2) is 12.1. The molecule has 162 valence electrons. The van der Waals surface area contributed by atoms with Crippen molar-refractivity contribution in [1.82, 2.24) is 30.4 Å². The number of likely N-dealkylation sites (tertiary alicyclic amines) is 1. The van der Waals surface area contributed by atoms with Gasteiger partial charge in [-0.3, -0.25) is 14.7 Å². The van der Waals surface area contributed by atoms with Crippen LogP contribution < -0.4 is 15.5 Å². The van der Waals surface area contributed by atoms with E-state index in [1.54, 1.807) is 19.4 Å². The lowest BCUT2D eigenvalue weighted by atomic mass is 10.3. The number of rotatable bonds is 6. The largest absolute Gasteiger partial charge is 0.355 e. The fraction of sp³-hybridized carbons (Fsp3) is 0.684. The molecule has 0 radical (unpaired) electrons. The predicted molar refractivity (Wildman–Crippen MR) is 126 cm³/mol. The Balaban J connectivity index is 0.00000300. The summed E-state index contributed by atoms with van der Waals surface area (Å²) in [5.74, 6) is 1.86. The minimum Gasteiger partial charge on any atom is -0.355 e. The summed E-state index contributed by atoms with van der Waals surface area (Å²) >= 11 is 0. The molecule has 10 heteroatoms. The van der Waals surface area contributed by atoms with E-state index in [-0.39, 0.29) is 35.9 Å². The van der Waals surface area contributed by atoms with E-state index in [2.05, 4.69) is 35.4 Å². The third kappa shape index (κ3) is 6.95. The minimum absolute atomic E-state index is 0. The van der Waals surface area contributed by atoms with Gasteiger partial charge < -0.3 is 20.4 Å². The Kier molecular flexibility index (Phi) is 9.85. The van der Waals surface area contributed by atoms with Crippen molar-refractivity contribution in [2.75, 3.05) is 64.3 Å². The van der Waals surface area contributed by atoms with E-state index in [4.69, 9.17) is 0 Å². The van der Waals surface area contributed by atoms with Crippen molar-refractivity contribution in [3.63, 3.8) is 0 Å². The Labute approximate surface area is 190 Å². The highest BCUT2D eigenvalue weighted by Gasteiger charge is 2.25. The van der Waals surface area contributed by atoms with Gasteiger partial charge in [-0.25, -0.2) is 9.97 Å². The third-order valence-electron chi connectivity index (χ3n) is 5.34. The molecular formula is C19H33IN8O. The van der Waals surface area contributed by atoms with Crippen molar-refractivity contribution in [2.45, 2.75) is 25.8 Å². The lowest BCUT2D eigenvalue weighted by Gasteiger charge is -2.34. The van der Waals surface area contributed by atoms with Crippen LogP contribution in [-0.4, -0.2) is 97.1 Å². The first kappa shape index (κ1) is 23.6. The first-order valence-corrected chi connectivity index (χ1v) is 10.2. The summed E-state index contributed by atoms with van der Waals surface area (Å²) in [5.41, 5.74) is 0. The van der Waals surface area contributed by atoms with Crippen LogP contribution in [0.15, 0.2) is 23.5 Å². The van der Waals surface area contributed by atoms with Crippen molar-refractivity contribution >= 4 is 41.8 Å². The molecule has 9 nitrogen and oxygen atoms in total. The number of nitrogens with one attached hydrogen (secondary N) is 2. The summed E-state index contributed by atoms with van der Waals surface area (Å²) in [4.78, 5) is 31.4. The molecule has 1 aromatic rings. The maximum absolute atomic E-state index is 11.8. The molecule has 0 spiro atoms. The Morgan fingerprint density at radius 3 is 2.59 bits per heavy atom. The monoisotopic (exact) mass is 516 g/mol. The molecule has 2 fully saturated rings. The van der Waals surface area contributed by atoms with Gasteiger partial charge in [0.1, 0.15) is 0 Å². The van der Waals surface area contributed by atoms with Crippen molar-refractivity contribution in [2.24, 2.45) is 4.99 Å². The van der Waals surface area contributed by atoms with Crippen molar-refractivity contribution in [3.05, 3.63) is 18.5 Å². The number of aromatic nitrogens is 2. The molecule has 1 atom stereocenters. The summed E-state index contributed by atoms with van der Waals surface area (Å²) in [6.45, 7) is 9.21. The molecule has 1 unspecified atom stereocenters. The van der Waals surface area contributed by atoms with E-state index in [9.17, 15) is 4.79 Å². The van der Waals surface area contributed by atoms with Gasteiger partial charge in [0, 0.05) is 84.3 Å². The van der Waals surface area contributed by atoms with E-state index in [0.29, 0.717) is 6.42 Å². The quantitative estimate of drug-likeness (QED) is 0.322. The second-order valence-corrected chi connectivity index (χ2v) is 7.20. The second-order valence-electron chi connectivity index (χ2n) is 7.20. The number of carbonyl (C=O) groups excluding carboxylic acids is 1. The highest BCUT2D eigenvalue weighted by molar-refractivity contribution is 14.0. The molecule has 1 amide bonds. The van der Waals surface area contributed by atoms with Crippen molar-refractivity contribution < 1.29 is 4.79 Å². The van der Waals surface area contributed by atoms with Gasteiger partial charge in [-0.05, 0) is 12.5 Å². The molecule has 2 saturated heterocycles. The standard InChI is InChI=1S/C19H32N8O.HI/c1-3-17(28)27-9-5-16(15-27)24-18(20-2)21-8-10-25-11-13-26(14-12-25)19-22-6-4-7-23-19;/h4,6-7,16H,3,5,8-15H2,1-2H3,(H2,20,21,24);1H. The molecule has 2 aliphatic heterocycles. The SMILES string of the molecule is CCC(=O)N1CCC(NC(=NC)NCCN2CCN(c3ncccn3)CC2)C1.I. The Morgan fingerprint density at radius 1 is 1.21 bits per heavy atom. The van der Waals surface area contributed by atoms with Crippen LogP contribution >= 0.6 is 24.0 Å². The van der Waals surface area contributed by atoms with Crippen LogP contribution in [0.2, 0.25) is 0 Å². The molecule has 1 aromatic heterocycles. The van der Waals surface area contributed by atoms with Crippen LogP contribution in [-0.2, 0) is 4.79 Å². The summed E-state index contributed by atoms with van der Waals surface area (Å²) in [7, 11) is 1.79. The lowest BCUT2D eigenvalue weighted by Crippen LogP contribution is -2.50. The third-order valence-corrected chi connectivity index (χ3v) is 5.34. The normalized spacial score (nSPS) is 20.3. The topological polar surface area (TPSA) is 89.0 Å². The first-order chi connectivity index (χ1) is 13.7. The van der Waals surface area contributed by atoms with Crippen molar-refractivity contribution in [1.29, 1.82) is 0 Å².